The van der Waals surface area contributed by atoms with Crippen molar-refractivity contribution in [2.75, 3.05) is 24.2 Å². The van der Waals surface area contributed by atoms with E-state index in [0.717, 1.165) is 5.56 Å². The van der Waals surface area contributed by atoms with E-state index in [9.17, 15) is 13.2 Å². The summed E-state index contributed by atoms with van der Waals surface area (Å²) in [6.07, 6.45) is 1.83. The second-order valence-electron chi connectivity index (χ2n) is 8.80. The van der Waals surface area contributed by atoms with Gasteiger partial charge in [-0.05, 0) is 54.2 Å². The lowest BCUT2D eigenvalue weighted by molar-refractivity contribution is -0.121. The Labute approximate surface area is 186 Å². The molecule has 1 amide bonds. The number of methoxy groups -OCH3 is 1. The number of amides is 1. The first-order chi connectivity index (χ1) is 14.4. The Morgan fingerprint density at radius 2 is 1.65 bits per heavy atom. The minimum atomic E-state index is -3.46. The summed E-state index contributed by atoms with van der Waals surface area (Å²) in [6.45, 7) is 8.67. The number of sulfonamides is 1. The van der Waals surface area contributed by atoms with E-state index in [1.807, 2.05) is 19.1 Å². The third kappa shape index (κ3) is 7.28. The summed E-state index contributed by atoms with van der Waals surface area (Å²) in [4.78, 5) is 12.4. The molecule has 0 aliphatic rings. The molecule has 6 nitrogen and oxygen atoms in total. The highest BCUT2D eigenvalue weighted by Crippen LogP contribution is 2.24. The van der Waals surface area contributed by atoms with E-state index in [1.165, 1.54) is 16.1 Å². The second-order valence-corrected chi connectivity index (χ2v) is 10.7. The van der Waals surface area contributed by atoms with Crippen LogP contribution in [0.2, 0.25) is 0 Å². The van der Waals surface area contributed by atoms with Crippen LogP contribution in [0.25, 0.3) is 0 Å². The Balaban J connectivity index is 1.92. The summed E-state index contributed by atoms with van der Waals surface area (Å²) >= 11 is 0. The van der Waals surface area contributed by atoms with Gasteiger partial charge >= 0.3 is 0 Å². The van der Waals surface area contributed by atoms with Crippen molar-refractivity contribution >= 4 is 21.6 Å². The zero-order valence-corrected chi connectivity index (χ0v) is 20.1. The number of carbonyl (C=O) groups is 1. The van der Waals surface area contributed by atoms with Crippen LogP contribution in [0.5, 0.6) is 5.75 Å². The second kappa shape index (κ2) is 10.2. The molecule has 0 fully saturated rings. The normalized spacial score (nSPS) is 12.8. The molecule has 0 aliphatic carbocycles. The summed E-state index contributed by atoms with van der Waals surface area (Å²) in [5, 5.41) is 3.00. The van der Waals surface area contributed by atoms with E-state index in [-0.39, 0.29) is 30.3 Å². The van der Waals surface area contributed by atoms with Crippen molar-refractivity contribution in [3.05, 3.63) is 59.7 Å². The molecule has 0 aliphatic heterocycles. The Hall–Kier alpha value is -2.54. The molecule has 1 atom stereocenters. The van der Waals surface area contributed by atoms with E-state index >= 15 is 0 Å². The number of carbonyl (C=O) groups excluding carboxylic acids is 1. The van der Waals surface area contributed by atoms with Crippen molar-refractivity contribution in [1.82, 2.24) is 5.32 Å². The lowest BCUT2D eigenvalue weighted by atomic mass is 9.86. The highest BCUT2D eigenvalue weighted by molar-refractivity contribution is 7.92. The Morgan fingerprint density at radius 1 is 1.06 bits per heavy atom. The third-order valence-corrected chi connectivity index (χ3v) is 6.37. The number of anilines is 1. The molecule has 0 heterocycles. The number of rotatable bonds is 9. The smallest absolute Gasteiger partial charge is 0.232 e. The maximum atomic E-state index is 12.4. The van der Waals surface area contributed by atoms with Crippen LogP contribution in [0.3, 0.4) is 0 Å². The van der Waals surface area contributed by atoms with Gasteiger partial charge in [0.25, 0.3) is 0 Å². The number of nitrogens with one attached hydrogen (secondary N) is 1. The first-order valence-corrected chi connectivity index (χ1v) is 12.3. The van der Waals surface area contributed by atoms with Gasteiger partial charge in [-0.3, -0.25) is 9.10 Å². The number of hydrogen-bond acceptors (Lipinski definition) is 4. The van der Waals surface area contributed by atoms with Gasteiger partial charge < -0.3 is 10.1 Å². The average molecular weight is 447 g/mol. The summed E-state index contributed by atoms with van der Waals surface area (Å²) < 4.78 is 30.9. The molecule has 31 heavy (non-hydrogen) atoms. The van der Waals surface area contributed by atoms with Crippen molar-refractivity contribution in [2.24, 2.45) is 0 Å². The quantitative estimate of drug-likeness (QED) is 0.619. The SMILES string of the molecule is COc1ccc(N(CCCC(=O)NC(C)c2ccc(C(C)(C)C)cc2)S(C)(=O)=O)cc1. The largest absolute Gasteiger partial charge is 0.497 e. The Bertz CT molecular complexity index is 962. The summed E-state index contributed by atoms with van der Waals surface area (Å²) in [6, 6.07) is 15.0. The molecule has 0 spiro atoms. The van der Waals surface area contributed by atoms with Gasteiger partial charge in [0.1, 0.15) is 5.75 Å². The van der Waals surface area contributed by atoms with E-state index in [0.29, 0.717) is 17.9 Å². The summed E-state index contributed by atoms with van der Waals surface area (Å²) in [5.74, 6) is 0.552. The fourth-order valence-electron chi connectivity index (χ4n) is 3.29. The highest BCUT2D eigenvalue weighted by atomic mass is 32.2. The van der Waals surface area contributed by atoms with Crippen LogP contribution in [-0.4, -0.2) is 34.2 Å². The van der Waals surface area contributed by atoms with Crippen LogP contribution in [0, 0.1) is 0 Å². The molecule has 1 N–H and O–H groups in total. The number of nitrogens with zero attached hydrogens (tertiary/aromatic N) is 1. The molecule has 2 aromatic carbocycles. The molecule has 2 rings (SSSR count). The van der Waals surface area contributed by atoms with Crippen molar-refractivity contribution in [3.8, 4) is 5.75 Å². The molecular weight excluding hydrogens is 412 g/mol. The van der Waals surface area contributed by atoms with Crippen LogP contribution in [0.15, 0.2) is 48.5 Å². The van der Waals surface area contributed by atoms with Gasteiger partial charge in [-0.2, -0.15) is 0 Å². The molecule has 0 bridgehead atoms. The van der Waals surface area contributed by atoms with E-state index < -0.39 is 10.0 Å². The topological polar surface area (TPSA) is 75.7 Å². The molecule has 170 valence electrons. The fourth-order valence-corrected chi connectivity index (χ4v) is 4.25. The molecule has 0 saturated heterocycles. The number of ether oxygens (including phenoxy) is 1. The van der Waals surface area contributed by atoms with Crippen LogP contribution in [0.4, 0.5) is 5.69 Å². The minimum Gasteiger partial charge on any atom is -0.497 e. The number of benzene rings is 2. The van der Waals surface area contributed by atoms with Crippen LogP contribution < -0.4 is 14.4 Å². The van der Waals surface area contributed by atoms with Crippen molar-refractivity contribution in [2.45, 2.75) is 52.0 Å². The van der Waals surface area contributed by atoms with Crippen molar-refractivity contribution < 1.29 is 17.9 Å². The van der Waals surface area contributed by atoms with Crippen molar-refractivity contribution in [1.29, 1.82) is 0 Å². The lowest BCUT2D eigenvalue weighted by Crippen LogP contribution is -2.32. The highest BCUT2D eigenvalue weighted by Gasteiger charge is 2.19. The molecule has 0 aromatic heterocycles. The van der Waals surface area contributed by atoms with Gasteiger partial charge in [-0.1, -0.05) is 45.0 Å². The molecule has 7 heteroatoms. The standard InChI is InChI=1S/C24H34N2O4S/c1-18(19-9-11-20(12-10-19)24(2,3)4)25-23(27)8-7-17-26(31(6,28)29)21-13-15-22(30-5)16-14-21/h9-16,18H,7-8,17H2,1-6H3,(H,25,27). The average Bonchev–Trinajstić information content (AvgIpc) is 2.70. The maximum absolute atomic E-state index is 12.4. The first-order valence-electron chi connectivity index (χ1n) is 10.4. The zero-order valence-electron chi connectivity index (χ0n) is 19.3. The van der Waals surface area contributed by atoms with E-state index in [2.05, 4.69) is 38.2 Å². The van der Waals surface area contributed by atoms with Crippen LogP contribution in [0.1, 0.15) is 57.7 Å². The molecule has 2 aromatic rings. The fraction of sp³-hybridized carbons (Fsp3) is 0.458. The van der Waals surface area contributed by atoms with Gasteiger partial charge in [0, 0.05) is 13.0 Å². The lowest BCUT2D eigenvalue weighted by Gasteiger charge is -2.23. The third-order valence-electron chi connectivity index (χ3n) is 5.18. The Kier molecular flexibility index (Phi) is 8.12. The summed E-state index contributed by atoms with van der Waals surface area (Å²) in [7, 11) is -1.90. The first kappa shape index (κ1) is 24.7. The molecular formula is C24H34N2O4S. The van der Waals surface area contributed by atoms with E-state index in [1.54, 1.807) is 31.4 Å². The monoisotopic (exact) mass is 446 g/mol. The van der Waals surface area contributed by atoms with Gasteiger partial charge in [0.05, 0.1) is 25.1 Å². The van der Waals surface area contributed by atoms with Crippen molar-refractivity contribution in [3.63, 3.8) is 0 Å². The minimum absolute atomic E-state index is 0.0837. The van der Waals surface area contributed by atoms with Gasteiger partial charge in [0.15, 0.2) is 0 Å². The molecule has 0 radical (unpaired) electrons. The summed E-state index contributed by atoms with van der Waals surface area (Å²) in [5.41, 5.74) is 2.92. The predicted octanol–water partition coefficient (Wildman–Crippen LogP) is 4.42. The van der Waals surface area contributed by atoms with E-state index in [4.69, 9.17) is 4.74 Å². The van der Waals surface area contributed by atoms with Gasteiger partial charge in [0.2, 0.25) is 15.9 Å². The van der Waals surface area contributed by atoms with Crippen LogP contribution in [-0.2, 0) is 20.2 Å². The zero-order chi connectivity index (χ0) is 23.2. The number of hydrogen-bond donors (Lipinski definition) is 1. The van der Waals surface area contributed by atoms with Gasteiger partial charge in [-0.15, -0.1) is 0 Å². The van der Waals surface area contributed by atoms with Crippen LogP contribution >= 0.6 is 0 Å². The molecule has 0 saturated carbocycles. The Morgan fingerprint density at radius 3 is 2.13 bits per heavy atom. The molecule has 1 unspecified atom stereocenters. The predicted molar refractivity (Wildman–Crippen MR) is 126 cm³/mol. The maximum Gasteiger partial charge on any atom is 0.232 e. The van der Waals surface area contributed by atoms with Gasteiger partial charge in [-0.25, -0.2) is 8.42 Å².